The van der Waals surface area contributed by atoms with Crippen molar-refractivity contribution in [3.8, 4) is 6.07 Å². The Kier molecular flexibility index (Phi) is 6.63. The molecule has 0 N–H and O–H groups in total. The molecule has 0 aliphatic carbocycles. The van der Waals surface area contributed by atoms with Gasteiger partial charge in [0.15, 0.2) is 0 Å². The van der Waals surface area contributed by atoms with Gasteiger partial charge in [0, 0.05) is 26.7 Å². The number of rotatable bonds is 5. The molecule has 4 atom stereocenters. The average molecular weight is 295 g/mol. The molecular weight excluding hydrogens is 266 g/mol. The predicted molar refractivity (Wildman–Crippen MR) is 82.6 cm³/mol. The number of nitrogens with zero attached hydrogens (tertiary/aromatic N) is 3. The average Bonchev–Trinajstić information content (AvgIpc) is 2.36. The fraction of sp³-hybridized carbons (Fsp3) is 0.875. The lowest BCUT2D eigenvalue weighted by molar-refractivity contribution is -0.144. The third-order valence-electron chi connectivity index (χ3n) is 3.87. The number of carbonyl (C=O) groups excluding carboxylic acids is 1. The summed E-state index contributed by atoms with van der Waals surface area (Å²) in [6.45, 7) is 12.1. The third-order valence-corrected chi connectivity index (χ3v) is 3.87. The Morgan fingerprint density at radius 2 is 1.86 bits per heavy atom. The first-order chi connectivity index (χ1) is 9.76. The summed E-state index contributed by atoms with van der Waals surface area (Å²) in [7, 11) is 1.79. The molecule has 0 bridgehead atoms. The van der Waals surface area contributed by atoms with Gasteiger partial charge in [-0.1, -0.05) is 13.8 Å². The lowest BCUT2D eigenvalue weighted by Gasteiger charge is -2.42. The van der Waals surface area contributed by atoms with Crippen LogP contribution in [0, 0.1) is 23.2 Å². The summed E-state index contributed by atoms with van der Waals surface area (Å²) < 4.78 is 5.76. The van der Waals surface area contributed by atoms with Crippen LogP contribution in [0.1, 0.15) is 34.6 Å². The molecule has 21 heavy (non-hydrogen) atoms. The number of hydrogen-bond donors (Lipinski definition) is 0. The molecule has 5 heteroatoms. The highest BCUT2D eigenvalue weighted by atomic mass is 16.5. The van der Waals surface area contributed by atoms with Crippen LogP contribution in [0.4, 0.5) is 0 Å². The smallest absolute Gasteiger partial charge is 0.239 e. The van der Waals surface area contributed by atoms with Gasteiger partial charge in [-0.25, -0.2) is 0 Å². The molecule has 0 radical (unpaired) electrons. The molecule has 1 rings (SSSR count). The van der Waals surface area contributed by atoms with Crippen LogP contribution >= 0.6 is 0 Å². The van der Waals surface area contributed by atoms with Gasteiger partial charge in [-0.15, -0.1) is 0 Å². The molecule has 1 aliphatic heterocycles. The van der Waals surface area contributed by atoms with Crippen molar-refractivity contribution in [1.82, 2.24) is 9.80 Å². The fourth-order valence-electron chi connectivity index (χ4n) is 3.08. The zero-order valence-electron chi connectivity index (χ0n) is 14.2. The van der Waals surface area contributed by atoms with Crippen LogP contribution in [0.5, 0.6) is 0 Å². The van der Waals surface area contributed by atoms with Crippen LogP contribution < -0.4 is 0 Å². The molecule has 1 amide bonds. The Bertz CT molecular complexity index is 381. The Labute approximate surface area is 128 Å². The number of hydrogen-bond acceptors (Lipinski definition) is 4. The van der Waals surface area contributed by atoms with Gasteiger partial charge < -0.3 is 9.64 Å². The molecular formula is C16H29N3O2. The van der Waals surface area contributed by atoms with Gasteiger partial charge in [-0.3, -0.25) is 9.69 Å². The van der Waals surface area contributed by atoms with E-state index in [1.54, 1.807) is 11.9 Å². The summed E-state index contributed by atoms with van der Waals surface area (Å²) in [6.07, 6.45) is 0.289. The number of amides is 1. The number of likely N-dealkylation sites (N-methyl/N-ethyl adjacent to an activating group) is 1. The fourth-order valence-corrected chi connectivity index (χ4v) is 3.08. The zero-order chi connectivity index (χ0) is 16.2. The molecule has 1 aliphatic rings. The molecule has 5 nitrogen and oxygen atoms in total. The molecule has 120 valence electrons. The maximum atomic E-state index is 12.8. The number of nitriles is 1. The Hall–Kier alpha value is -1.12. The van der Waals surface area contributed by atoms with Gasteiger partial charge in [0.1, 0.15) is 0 Å². The van der Waals surface area contributed by atoms with Crippen molar-refractivity contribution in [3.05, 3.63) is 0 Å². The van der Waals surface area contributed by atoms with Crippen molar-refractivity contribution in [2.24, 2.45) is 11.8 Å². The quantitative estimate of drug-likeness (QED) is 0.775. The molecule has 0 saturated carbocycles. The lowest BCUT2D eigenvalue weighted by Crippen LogP contribution is -2.57. The molecule has 0 aromatic rings. The minimum Gasteiger partial charge on any atom is -0.373 e. The Balaban J connectivity index is 2.81. The molecule has 0 spiro atoms. The summed E-state index contributed by atoms with van der Waals surface area (Å²) >= 11 is 0. The van der Waals surface area contributed by atoms with E-state index in [1.807, 2.05) is 20.8 Å². The molecule has 0 aromatic heterocycles. The van der Waals surface area contributed by atoms with Crippen molar-refractivity contribution >= 4 is 5.91 Å². The SMILES string of the molecule is CC(C#N)CN(C)C(=O)C(C(C)C)N1CC(C)OC(C)C1. The van der Waals surface area contributed by atoms with Crippen molar-refractivity contribution in [2.45, 2.75) is 52.9 Å². The van der Waals surface area contributed by atoms with Crippen molar-refractivity contribution < 1.29 is 9.53 Å². The van der Waals surface area contributed by atoms with Gasteiger partial charge in [0.2, 0.25) is 5.91 Å². The Morgan fingerprint density at radius 3 is 2.29 bits per heavy atom. The number of morpholine rings is 1. The summed E-state index contributed by atoms with van der Waals surface area (Å²) in [5.74, 6) is 0.192. The van der Waals surface area contributed by atoms with E-state index in [9.17, 15) is 4.79 Å². The first kappa shape index (κ1) is 17.9. The normalized spacial score (nSPS) is 26.2. The van der Waals surface area contributed by atoms with E-state index < -0.39 is 0 Å². The highest BCUT2D eigenvalue weighted by Gasteiger charge is 2.35. The molecule has 1 saturated heterocycles. The molecule has 4 unspecified atom stereocenters. The van der Waals surface area contributed by atoms with E-state index in [0.717, 1.165) is 13.1 Å². The second-order valence-corrected chi connectivity index (χ2v) is 6.65. The van der Waals surface area contributed by atoms with Crippen molar-refractivity contribution in [2.75, 3.05) is 26.7 Å². The topological polar surface area (TPSA) is 56.6 Å². The second kappa shape index (κ2) is 7.77. The maximum absolute atomic E-state index is 12.8. The summed E-state index contributed by atoms with van der Waals surface area (Å²) in [5, 5.41) is 8.92. The van der Waals surface area contributed by atoms with E-state index in [2.05, 4.69) is 24.8 Å². The van der Waals surface area contributed by atoms with Crippen LogP contribution in [-0.2, 0) is 9.53 Å². The van der Waals surface area contributed by atoms with Crippen LogP contribution in [0.3, 0.4) is 0 Å². The predicted octanol–water partition coefficient (Wildman–Crippen LogP) is 1.74. The Morgan fingerprint density at radius 1 is 1.33 bits per heavy atom. The van der Waals surface area contributed by atoms with E-state index in [-0.39, 0.29) is 36.0 Å². The van der Waals surface area contributed by atoms with Gasteiger partial charge in [0.05, 0.1) is 30.2 Å². The van der Waals surface area contributed by atoms with E-state index in [1.165, 1.54) is 0 Å². The highest BCUT2D eigenvalue weighted by molar-refractivity contribution is 5.82. The zero-order valence-corrected chi connectivity index (χ0v) is 14.2. The third kappa shape index (κ3) is 4.98. The lowest BCUT2D eigenvalue weighted by atomic mass is 9.98. The van der Waals surface area contributed by atoms with Crippen LogP contribution in [0.15, 0.2) is 0 Å². The van der Waals surface area contributed by atoms with E-state index in [0.29, 0.717) is 6.54 Å². The van der Waals surface area contributed by atoms with E-state index in [4.69, 9.17) is 10.00 Å². The highest BCUT2D eigenvalue weighted by Crippen LogP contribution is 2.20. The summed E-state index contributed by atoms with van der Waals surface area (Å²) in [6, 6.07) is 2.04. The number of ether oxygens (including phenoxy) is 1. The van der Waals surface area contributed by atoms with E-state index >= 15 is 0 Å². The molecule has 1 fully saturated rings. The van der Waals surface area contributed by atoms with Gasteiger partial charge in [-0.2, -0.15) is 5.26 Å². The minimum absolute atomic E-state index is 0.105. The minimum atomic E-state index is -0.144. The van der Waals surface area contributed by atoms with Crippen LogP contribution in [0.2, 0.25) is 0 Å². The first-order valence-electron chi connectivity index (χ1n) is 7.80. The first-order valence-corrected chi connectivity index (χ1v) is 7.80. The standard InChI is InChI=1S/C16H29N3O2/c1-11(2)15(16(20)18(6)8-12(3)7-17)19-9-13(4)21-14(5)10-19/h11-15H,8-10H2,1-6H3. The van der Waals surface area contributed by atoms with Crippen molar-refractivity contribution in [3.63, 3.8) is 0 Å². The molecule has 1 heterocycles. The summed E-state index contributed by atoms with van der Waals surface area (Å²) in [5.41, 5.74) is 0. The molecule has 0 aromatic carbocycles. The number of carbonyl (C=O) groups is 1. The maximum Gasteiger partial charge on any atom is 0.239 e. The largest absolute Gasteiger partial charge is 0.373 e. The summed E-state index contributed by atoms with van der Waals surface area (Å²) in [4.78, 5) is 16.7. The van der Waals surface area contributed by atoms with Crippen LogP contribution in [0.25, 0.3) is 0 Å². The van der Waals surface area contributed by atoms with Crippen molar-refractivity contribution in [1.29, 1.82) is 5.26 Å². The van der Waals surface area contributed by atoms with Crippen LogP contribution in [-0.4, -0.2) is 60.6 Å². The monoisotopic (exact) mass is 295 g/mol. The van der Waals surface area contributed by atoms with Gasteiger partial charge in [-0.05, 0) is 26.7 Å². The van der Waals surface area contributed by atoms with Gasteiger partial charge >= 0.3 is 0 Å². The van der Waals surface area contributed by atoms with Gasteiger partial charge in [0.25, 0.3) is 0 Å². The second-order valence-electron chi connectivity index (χ2n) is 6.65.